The molecule has 2 fully saturated rings. The van der Waals surface area contributed by atoms with Gasteiger partial charge in [0.1, 0.15) is 0 Å². The summed E-state index contributed by atoms with van der Waals surface area (Å²) in [4.78, 5) is 18.9. The molecule has 0 aliphatic carbocycles. The summed E-state index contributed by atoms with van der Waals surface area (Å²) in [6.07, 6.45) is 0. The Morgan fingerprint density at radius 3 is 2.50 bits per heavy atom. The van der Waals surface area contributed by atoms with Crippen LogP contribution in [0.4, 0.5) is 10.7 Å². The van der Waals surface area contributed by atoms with E-state index in [0.29, 0.717) is 0 Å². The number of ether oxygens (including phenoxy) is 1. The van der Waals surface area contributed by atoms with Crippen LogP contribution in [0, 0.1) is 6.92 Å². The minimum absolute atomic E-state index is 0.0504. The van der Waals surface area contributed by atoms with Gasteiger partial charge in [-0.15, -0.1) is 11.3 Å². The molecule has 34 heavy (non-hydrogen) atoms. The molecular weight excluding hydrogens is 462 g/mol. The number of aryl methyl sites for hydroxylation is 1. The predicted molar refractivity (Wildman–Crippen MR) is 145 cm³/mol. The normalized spacial score (nSPS) is 17.0. The number of nitrogens with one attached hydrogen (secondary N) is 1. The second-order valence-corrected chi connectivity index (χ2v) is 11.0. The smallest absolute Gasteiger partial charge is 0.265 e. The van der Waals surface area contributed by atoms with Crippen LogP contribution in [0.1, 0.15) is 20.8 Å². The van der Waals surface area contributed by atoms with Crippen molar-refractivity contribution in [3.8, 4) is 11.1 Å². The SMILES string of the molecule is Cc1cc(CN2CCSCC2)ccc1NC(=O)c1cc(-c2ccccc2)c(N2CCOCC2)s1. The maximum atomic E-state index is 13.3. The number of hydrogen-bond donors (Lipinski definition) is 1. The van der Waals surface area contributed by atoms with Crippen LogP contribution in [-0.2, 0) is 11.3 Å². The van der Waals surface area contributed by atoms with Gasteiger partial charge in [0.15, 0.2) is 0 Å². The van der Waals surface area contributed by atoms with Crippen molar-refractivity contribution in [2.75, 3.05) is 61.1 Å². The Hall–Kier alpha value is -2.32. The fourth-order valence-electron chi connectivity index (χ4n) is 4.48. The first kappa shape index (κ1) is 23.4. The van der Waals surface area contributed by atoms with E-state index in [1.807, 2.05) is 36.0 Å². The van der Waals surface area contributed by atoms with Gasteiger partial charge in [0, 0.05) is 55.5 Å². The monoisotopic (exact) mass is 493 g/mol. The Balaban J connectivity index is 1.34. The van der Waals surface area contributed by atoms with E-state index in [2.05, 4.69) is 52.4 Å². The summed E-state index contributed by atoms with van der Waals surface area (Å²) < 4.78 is 5.55. The Labute approximate surface area is 210 Å². The van der Waals surface area contributed by atoms with Gasteiger partial charge in [-0.05, 0) is 35.7 Å². The van der Waals surface area contributed by atoms with Crippen molar-refractivity contribution in [2.24, 2.45) is 0 Å². The van der Waals surface area contributed by atoms with Crippen molar-refractivity contribution in [3.63, 3.8) is 0 Å². The summed E-state index contributed by atoms with van der Waals surface area (Å²) in [6.45, 7) is 8.48. The average molecular weight is 494 g/mol. The van der Waals surface area contributed by atoms with Crippen LogP contribution < -0.4 is 10.2 Å². The van der Waals surface area contributed by atoms with E-state index in [0.717, 1.165) is 78.2 Å². The molecule has 0 atom stereocenters. The van der Waals surface area contributed by atoms with Crippen LogP contribution in [0.25, 0.3) is 11.1 Å². The third kappa shape index (κ3) is 5.49. The fourth-order valence-corrected chi connectivity index (χ4v) is 6.59. The zero-order valence-corrected chi connectivity index (χ0v) is 21.2. The van der Waals surface area contributed by atoms with Gasteiger partial charge in [-0.1, -0.05) is 42.5 Å². The van der Waals surface area contributed by atoms with E-state index in [-0.39, 0.29) is 5.91 Å². The molecule has 1 aromatic heterocycles. The lowest BCUT2D eigenvalue weighted by atomic mass is 10.1. The molecular formula is C27H31N3O2S2. The number of carbonyl (C=O) groups is 1. The number of anilines is 2. The molecule has 2 aliphatic rings. The van der Waals surface area contributed by atoms with Gasteiger partial charge in [-0.3, -0.25) is 9.69 Å². The molecule has 2 saturated heterocycles. The molecule has 3 aromatic rings. The van der Waals surface area contributed by atoms with Crippen LogP contribution in [0.15, 0.2) is 54.6 Å². The maximum Gasteiger partial charge on any atom is 0.265 e. The zero-order valence-electron chi connectivity index (χ0n) is 19.6. The number of thiophene rings is 1. The minimum Gasteiger partial charge on any atom is -0.378 e. The highest BCUT2D eigenvalue weighted by atomic mass is 32.2. The molecule has 5 rings (SSSR count). The van der Waals surface area contributed by atoms with Crippen LogP contribution in [0.3, 0.4) is 0 Å². The Kier molecular flexibility index (Phi) is 7.54. The summed E-state index contributed by atoms with van der Waals surface area (Å²) in [5.74, 6) is 2.38. The minimum atomic E-state index is -0.0504. The number of morpholine rings is 1. The van der Waals surface area contributed by atoms with Gasteiger partial charge in [0.2, 0.25) is 0 Å². The molecule has 7 heteroatoms. The van der Waals surface area contributed by atoms with Gasteiger partial charge in [0.05, 0.1) is 23.1 Å². The second kappa shape index (κ2) is 11.0. The summed E-state index contributed by atoms with van der Waals surface area (Å²) in [6, 6.07) is 18.8. The summed E-state index contributed by atoms with van der Waals surface area (Å²) in [7, 11) is 0. The number of thioether (sulfide) groups is 1. The van der Waals surface area contributed by atoms with Gasteiger partial charge >= 0.3 is 0 Å². The lowest BCUT2D eigenvalue weighted by Gasteiger charge is -2.28. The number of benzene rings is 2. The van der Waals surface area contributed by atoms with E-state index >= 15 is 0 Å². The highest BCUT2D eigenvalue weighted by Gasteiger charge is 2.22. The van der Waals surface area contributed by atoms with Crippen molar-refractivity contribution >= 4 is 39.7 Å². The van der Waals surface area contributed by atoms with Crippen molar-refractivity contribution < 1.29 is 9.53 Å². The Morgan fingerprint density at radius 2 is 1.76 bits per heavy atom. The van der Waals surface area contributed by atoms with Crippen LogP contribution in [0.5, 0.6) is 0 Å². The largest absolute Gasteiger partial charge is 0.378 e. The average Bonchev–Trinajstić information content (AvgIpc) is 3.33. The third-order valence-corrected chi connectivity index (χ3v) is 8.51. The highest BCUT2D eigenvalue weighted by Crippen LogP contribution is 2.39. The predicted octanol–water partition coefficient (Wildman–Crippen LogP) is 5.36. The number of nitrogens with zero attached hydrogens (tertiary/aromatic N) is 2. The molecule has 0 bridgehead atoms. The third-order valence-electron chi connectivity index (χ3n) is 6.37. The van der Waals surface area contributed by atoms with Crippen LogP contribution >= 0.6 is 23.1 Å². The van der Waals surface area contributed by atoms with E-state index in [1.165, 1.54) is 17.1 Å². The molecule has 0 radical (unpaired) electrons. The number of carbonyl (C=O) groups excluding carboxylic acids is 1. The maximum absolute atomic E-state index is 13.3. The number of hydrogen-bond acceptors (Lipinski definition) is 6. The topological polar surface area (TPSA) is 44.8 Å². The fraction of sp³-hybridized carbons (Fsp3) is 0.370. The highest BCUT2D eigenvalue weighted by molar-refractivity contribution is 7.99. The van der Waals surface area contributed by atoms with E-state index in [1.54, 1.807) is 11.3 Å². The number of rotatable bonds is 6. The molecule has 1 amide bonds. The van der Waals surface area contributed by atoms with Gasteiger partial charge < -0.3 is 15.0 Å². The lowest BCUT2D eigenvalue weighted by molar-refractivity contribution is 0.103. The van der Waals surface area contributed by atoms with Gasteiger partial charge in [-0.25, -0.2) is 0 Å². The molecule has 1 N–H and O–H groups in total. The molecule has 0 saturated carbocycles. The molecule has 3 heterocycles. The van der Waals surface area contributed by atoms with Crippen molar-refractivity contribution in [3.05, 3.63) is 70.6 Å². The molecule has 2 aromatic carbocycles. The number of amides is 1. The van der Waals surface area contributed by atoms with Gasteiger partial charge in [0.25, 0.3) is 5.91 Å². The summed E-state index contributed by atoms with van der Waals surface area (Å²) >= 11 is 3.60. The standard InChI is InChI=1S/C27H31N3O2S2/c1-20-17-21(19-29-11-15-33-16-12-29)7-8-24(20)28-26(31)25-18-23(22-5-3-2-4-6-22)27(34-25)30-9-13-32-14-10-30/h2-8,17-18H,9-16,19H2,1H3,(H,28,31). The van der Waals surface area contributed by atoms with E-state index < -0.39 is 0 Å². The first-order chi connectivity index (χ1) is 16.7. The first-order valence-electron chi connectivity index (χ1n) is 11.9. The molecule has 178 valence electrons. The van der Waals surface area contributed by atoms with Crippen LogP contribution in [-0.4, -0.2) is 61.7 Å². The molecule has 2 aliphatic heterocycles. The van der Waals surface area contributed by atoms with Crippen molar-refractivity contribution in [2.45, 2.75) is 13.5 Å². The van der Waals surface area contributed by atoms with E-state index in [4.69, 9.17) is 4.74 Å². The zero-order chi connectivity index (χ0) is 23.3. The molecule has 0 unspecified atom stereocenters. The van der Waals surface area contributed by atoms with Crippen molar-refractivity contribution in [1.82, 2.24) is 4.90 Å². The molecule has 0 spiro atoms. The summed E-state index contributed by atoms with van der Waals surface area (Å²) in [5.41, 5.74) is 5.54. The van der Waals surface area contributed by atoms with Gasteiger partial charge in [-0.2, -0.15) is 11.8 Å². The molecule has 5 nitrogen and oxygen atoms in total. The van der Waals surface area contributed by atoms with Crippen LogP contribution in [0.2, 0.25) is 0 Å². The van der Waals surface area contributed by atoms with E-state index in [9.17, 15) is 4.79 Å². The first-order valence-corrected chi connectivity index (χ1v) is 13.9. The second-order valence-electron chi connectivity index (χ2n) is 8.79. The van der Waals surface area contributed by atoms with Crippen molar-refractivity contribution in [1.29, 1.82) is 0 Å². The Bertz CT molecular complexity index is 1120. The summed E-state index contributed by atoms with van der Waals surface area (Å²) in [5, 5.41) is 4.31. The lowest BCUT2D eigenvalue weighted by Crippen LogP contribution is -2.35. The Morgan fingerprint density at radius 1 is 1.00 bits per heavy atom. The quantitative estimate of drug-likeness (QED) is 0.501.